The van der Waals surface area contributed by atoms with Gasteiger partial charge in [-0.2, -0.15) is 0 Å². The number of nitrogens with zero attached hydrogens (tertiary/aromatic N) is 3. The van der Waals surface area contributed by atoms with Crippen LogP contribution in [0.4, 0.5) is 0 Å². The van der Waals surface area contributed by atoms with E-state index in [0.717, 1.165) is 17.9 Å². The van der Waals surface area contributed by atoms with E-state index in [1.54, 1.807) is 4.68 Å². The SMILES string of the molecule is Cc1ccc(OCCn2cc(CCN)nn2)cc1. The number of nitrogens with two attached hydrogens (primary N) is 1. The molecule has 0 atom stereocenters. The van der Waals surface area contributed by atoms with E-state index in [1.165, 1.54) is 5.56 Å². The van der Waals surface area contributed by atoms with Crippen LogP contribution < -0.4 is 10.5 Å². The number of aryl methyl sites for hydroxylation is 1. The topological polar surface area (TPSA) is 66.0 Å². The van der Waals surface area contributed by atoms with E-state index in [1.807, 2.05) is 30.5 Å². The summed E-state index contributed by atoms with van der Waals surface area (Å²) in [4.78, 5) is 0. The summed E-state index contributed by atoms with van der Waals surface area (Å²) in [7, 11) is 0. The fraction of sp³-hybridized carbons (Fsp3) is 0.385. The molecule has 0 radical (unpaired) electrons. The van der Waals surface area contributed by atoms with Crippen LogP contribution >= 0.6 is 0 Å². The van der Waals surface area contributed by atoms with Crippen molar-refractivity contribution < 1.29 is 4.74 Å². The van der Waals surface area contributed by atoms with Gasteiger partial charge in [0.1, 0.15) is 12.4 Å². The summed E-state index contributed by atoms with van der Waals surface area (Å²) in [5, 5.41) is 8.03. The second kappa shape index (κ2) is 6.16. The molecule has 0 aliphatic carbocycles. The van der Waals surface area contributed by atoms with Gasteiger partial charge in [0.25, 0.3) is 0 Å². The summed E-state index contributed by atoms with van der Waals surface area (Å²) in [5.74, 6) is 0.878. The van der Waals surface area contributed by atoms with Crippen molar-refractivity contribution in [2.24, 2.45) is 5.73 Å². The van der Waals surface area contributed by atoms with Crippen LogP contribution in [0.5, 0.6) is 5.75 Å². The van der Waals surface area contributed by atoms with Gasteiger partial charge in [0.05, 0.1) is 12.2 Å². The lowest BCUT2D eigenvalue weighted by Crippen LogP contribution is -2.08. The van der Waals surface area contributed by atoms with Gasteiger partial charge in [0.2, 0.25) is 0 Å². The second-order valence-electron chi connectivity index (χ2n) is 4.17. The highest BCUT2D eigenvalue weighted by molar-refractivity contribution is 5.26. The first-order valence-electron chi connectivity index (χ1n) is 6.06. The normalized spacial score (nSPS) is 10.6. The van der Waals surface area contributed by atoms with Gasteiger partial charge in [-0.25, -0.2) is 4.68 Å². The summed E-state index contributed by atoms with van der Waals surface area (Å²) in [5.41, 5.74) is 7.61. The van der Waals surface area contributed by atoms with E-state index in [9.17, 15) is 0 Å². The molecular formula is C13H18N4O. The third kappa shape index (κ3) is 3.56. The molecule has 0 saturated heterocycles. The highest BCUT2D eigenvalue weighted by atomic mass is 16.5. The molecule has 0 fully saturated rings. The third-order valence-corrected chi connectivity index (χ3v) is 2.60. The maximum Gasteiger partial charge on any atom is 0.119 e. The Bertz CT molecular complexity index is 478. The Hall–Kier alpha value is -1.88. The van der Waals surface area contributed by atoms with Crippen LogP contribution in [0.25, 0.3) is 0 Å². The summed E-state index contributed by atoms with van der Waals surface area (Å²) < 4.78 is 7.40. The van der Waals surface area contributed by atoms with E-state index in [0.29, 0.717) is 19.7 Å². The number of benzene rings is 1. The highest BCUT2D eigenvalue weighted by Crippen LogP contribution is 2.11. The van der Waals surface area contributed by atoms with Crippen LogP contribution in [0.3, 0.4) is 0 Å². The second-order valence-corrected chi connectivity index (χ2v) is 4.17. The van der Waals surface area contributed by atoms with Crippen molar-refractivity contribution in [3.8, 4) is 5.75 Å². The molecule has 0 amide bonds. The monoisotopic (exact) mass is 246 g/mol. The molecule has 18 heavy (non-hydrogen) atoms. The number of ether oxygens (including phenoxy) is 1. The van der Waals surface area contributed by atoms with Crippen molar-refractivity contribution in [3.05, 3.63) is 41.7 Å². The van der Waals surface area contributed by atoms with Crippen LogP contribution in [0.1, 0.15) is 11.3 Å². The fourth-order valence-electron chi connectivity index (χ4n) is 1.60. The smallest absolute Gasteiger partial charge is 0.119 e. The van der Waals surface area contributed by atoms with Crippen LogP contribution in [-0.4, -0.2) is 28.1 Å². The predicted octanol–water partition coefficient (Wildman–Crippen LogP) is 1.17. The molecule has 0 bridgehead atoms. The van der Waals surface area contributed by atoms with Gasteiger partial charge in [-0.3, -0.25) is 0 Å². The summed E-state index contributed by atoms with van der Waals surface area (Å²) in [6, 6.07) is 8.00. The lowest BCUT2D eigenvalue weighted by atomic mass is 10.2. The van der Waals surface area contributed by atoms with Crippen molar-refractivity contribution in [2.45, 2.75) is 19.9 Å². The van der Waals surface area contributed by atoms with Gasteiger partial charge in [0, 0.05) is 12.6 Å². The molecule has 0 saturated carbocycles. The first kappa shape index (κ1) is 12.6. The lowest BCUT2D eigenvalue weighted by molar-refractivity contribution is 0.289. The molecule has 1 heterocycles. The van der Waals surface area contributed by atoms with Gasteiger partial charge < -0.3 is 10.5 Å². The Kier molecular flexibility index (Phi) is 4.30. The van der Waals surface area contributed by atoms with Gasteiger partial charge in [-0.1, -0.05) is 22.9 Å². The quantitative estimate of drug-likeness (QED) is 0.830. The largest absolute Gasteiger partial charge is 0.492 e. The predicted molar refractivity (Wildman–Crippen MR) is 69.5 cm³/mol. The zero-order valence-corrected chi connectivity index (χ0v) is 10.5. The van der Waals surface area contributed by atoms with E-state index in [4.69, 9.17) is 10.5 Å². The average molecular weight is 246 g/mol. The Balaban J connectivity index is 1.79. The maximum atomic E-state index is 5.62. The zero-order valence-electron chi connectivity index (χ0n) is 10.5. The van der Waals surface area contributed by atoms with Crippen molar-refractivity contribution in [1.29, 1.82) is 0 Å². The van der Waals surface area contributed by atoms with Gasteiger partial charge >= 0.3 is 0 Å². The molecule has 5 nitrogen and oxygen atoms in total. The van der Waals surface area contributed by atoms with Gasteiger partial charge in [-0.15, -0.1) is 5.10 Å². The van der Waals surface area contributed by atoms with Crippen LogP contribution in [0, 0.1) is 6.92 Å². The van der Waals surface area contributed by atoms with Crippen molar-refractivity contribution >= 4 is 0 Å². The first-order valence-corrected chi connectivity index (χ1v) is 6.06. The fourth-order valence-corrected chi connectivity index (χ4v) is 1.60. The van der Waals surface area contributed by atoms with Crippen LogP contribution in [-0.2, 0) is 13.0 Å². The molecule has 2 aromatic rings. The number of hydrogen-bond acceptors (Lipinski definition) is 4. The van der Waals surface area contributed by atoms with E-state index >= 15 is 0 Å². The van der Waals surface area contributed by atoms with E-state index in [-0.39, 0.29) is 0 Å². The standard InChI is InChI=1S/C13H18N4O/c1-11-2-4-13(5-3-11)18-9-8-17-10-12(6-7-14)15-16-17/h2-5,10H,6-9,14H2,1H3. The maximum absolute atomic E-state index is 5.62. The minimum absolute atomic E-state index is 0.578. The number of aromatic nitrogens is 3. The van der Waals surface area contributed by atoms with Crippen LogP contribution in [0.15, 0.2) is 30.5 Å². The number of rotatable bonds is 6. The molecule has 0 aliphatic heterocycles. The lowest BCUT2D eigenvalue weighted by Gasteiger charge is -2.05. The van der Waals surface area contributed by atoms with Crippen molar-refractivity contribution in [2.75, 3.05) is 13.2 Å². The summed E-state index contributed by atoms with van der Waals surface area (Å²) in [6.07, 6.45) is 2.67. The molecule has 2 rings (SSSR count). The molecule has 1 aromatic heterocycles. The Morgan fingerprint density at radius 3 is 2.78 bits per heavy atom. The zero-order chi connectivity index (χ0) is 12.8. The third-order valence-electron chi connectivity index (χ3n) is 2.60. The number of hydrogen-bond donors (Lipinski definition) is 1. The van der Waals surface area contributed by atoms with Crippen LogP contribution in [0.2, 0.25) is 0 Å². The molecule has 1 aromatic carbocycles. The highest BCUT2D eigenvalue weighted by Gasteiger charge is 2.00. The van der Waals surface area contributed by atoms with E-state index in [2.05, 4.69) is 17.2 Å². The molecule has 96 valence electrons. The Morgan fingerprint density at radius 1 is 1.28 bits per heavy atom. The Labute approximate surface area is 107 Å². The molecule has 0 unspecified atom stereocenters. The summed E-state index contributed by atoms with van der Waals surface area (Å²) >= 11 is 0. The minimum atomic E-state index is 0.578. The first-order chi connectivity index (χ1) is 8.78. The van der Waals surface area contributed by atoms with Gasteiger partial charge in [-0.05, 0) is 25.6 Å². The average Bonchev–Trinajstić information content (AvgIpc) is 2.80. The minimum Gasteiger partial charge on any atom is -0.492 e. The Morgan fingerprint density at radius 2 is 2.06 bits per heavy atom. The molecule has 5 heteroatoms. The molecule has 0 spiro atoms. The van der Waals surface area contributed by atoms with E-state index < -0.39 is 0 Å². The molecule has 2 N–H and O–H groups in total. The summed E-state index contributed by atoms with van der Waals surface area (Å²) in [6.45, 7) is 3.91. The molecular weight excluding hydrogens is 228 g/mol. The van der Waals surface area contributed by atoms with Crippen molar-refractivity contribution in [1.82, 2.24) is 15.0 Å². The van der Waals surface area contributed by atoms with Gasteiger partial charge in [0.15, 0.2) is 0 Å². The van der Waals surface area contributed by atoms with Crippen molar-refractivity contribution in [3.63, 3.8) is 0 Å². The molecule has 0 aliphatic rings.